The molecular formula is C15H16F2N4O. The Bertz CT molecular complexity index is 664. The number of halogens is 2. The molecule has 5 nitrogen and oxygen atoms in total. The van der Waals surface area contributed by atoms with Gasteiger partial charge in [-0.1, -0.05) is 13.3 Å². The van der Waals surface area contributed by atoms with Gasteiger partial charge >= 0.3 is 0 Å². The summed E-state index contributed by atoms with van der Waals surface area (Å²) in [6, 6.07) is 4.56. The Morgan fingerprint density at radius 2 is 2.05 bits per heavy atom. The molecule has 0 aliphatic heterocycles. The molecule has 0 bridgehead atoms. The van der Waals surface area contributed by atoms with E-state index in [0.717, 1.165) is 25.0 Å². The molecule has 1 aromatic heterocycles. The first kappa shape index (κ1) is 15.8. The van der Waals surface area contributed by atoms with E-state index in [1.807, 2.05) is 6.92 Å². The van der Waals surface area contributed by atoms with Crippen LogP contribution in [0.2, 0.25) is 0 Å². The monoisotopic (exact) mass is 306 g/mol. The van der Waals surface area contributed by atoms with Gasteiger partial charge in [0.2, 0.25) is 0 Å². The number of aromatic nitrogens is 2. The van der Waals surface area contributed by atoms with Crippen LogP contribution in [-0.2, 0) is 0 Å². The fourth-order valence-electron chi connectivity index (χ4n) is 1.75. The van der Waals surface area contributed by atoms with E-state index in [9.17, 15) is 13.6 Å². The van der Waals surface area contributed by atoms with Gasteiger partial charge in [-0.15, -0.1) is 0 Å². The maximum Gasteiger partial charge on any atom is 0.270 e. The second-order valence-electron chi connectivity index (χ2n) is 4.65. The Morgan fingerprint density at radius 3 is 2.77 bits per heavy atom. The van der Waals surface area contributed by atoms with Gasteiger partial charge in [0, 0.05) is 18.7 Å². The molecule has 7 heteroatoms. The van der Waals surface area contributed by atoms with Gasteiger partial charge in [0.15, 0.2) is 0 Å². The van der Waals surface area contributed by atoms with Gasteiger partial charge in [-0.25, -0.2) is 18.7 Å². The molecule has 0 atom stereocenters. The summed E-state index contributed by atoms with van der Waals surface area (Å²) in [6.45, 7) is 2.59. The lowest BCUT2D eigenvalue weighted by molar-refractivity contribution is 0.0948. The summed E-state index contributed by atoms with van der Waals surface area (Å²) >= 11 is 0. The first-order valence-electron chi connectivity index (χ1n) is 6.92. The third-order valence-corrected chi connectivity index (χ3v) is 2.91. The highest BCUT2D eigenvalue weighted by molar-refractivity contribution is 5.92. The van der Waals surface area contributed by atoms with Gasteiger partial charge in [-0.3, -0.25) is 4.79 Å². The standard InChI is InChI=1S/C15H16F2N4O/c1-2-3-6-18-15(22)13-8-14(20-9-19-13)21-12-5-4-10(16)7-11(12)17/h4-5,7-9H,2-3,6H2,1H3,(H,18,22)(H,19,20,21). The van der Waals surface area contributed by atoms with Crippen LogP contribution in [0.4, 0.5) is 20.3 Å². The molecule has 1 aromatic carbocycles. The zero-order valence-electron chi connectivity index (χ0n) is 12.1. The largest absolute Gasteiger partial charge is 0.351 e. The molecule has 2 aromatic rings. The van der Waals surface area contributed by atoms with E-state index in [0.29, 0.717) is 6.54 Å². The van der Waals surface area contributed by atoms with E-state index in [1.165, 1.54) is 18.5 Å². The van der Waals surface area contributed by atoms with Crippen molar-refractivity contribution in [2.45, 2.75) is 19.8 Å². The summed E-state index contributed by atoms with van der Waals surface area (Å²) in [6.07, 6.45) is 3.06. The molecular weight excluding hydrogens is 290 g/mol. The quantitative estimate of drug-likeness (QED) is 0.805. The molecule has 0 aliphatic rings. The lowest BCUT2D eigenvalue weighted by atomic mass is 10.3. The third-order valence-electron chi connectivity index (χ3n) is 2.91. The summed E-state index contributed by atoms with van der Waals surface area (Å²) in [5, 5.41) is 5.42. The van der Waals surface area contributed by atoms with Crippen LogP contribution in [0.5, 0.6) is 0 Å². The number of hydrogen-bond acceptors (Lipinski definition) is 4. The molecule has 2 N–H and O–H groups in total. The van der Waals surface area contributed by atoms with Crippen LogP contribution in [0, 0.1) is 11.6 Å². The number of carbonyl (C=O) groups excluding carboxylic acids is 1. The van der Waals surface area contributed by atoms with Crippen LogP contribution in [0.3, 0.4) is 0 Å². The second kappa shape index (κ2) is 7.44. The van der Waals surface area contributed by atoms with Gasteiger partial charge in [0.05, 0.1) is 5.69 Å². The van der Waals surface area contributed by atoms with Crippen LogP contribution >= 0.6 is 0 Å². The van der Waals surface area contributed by atoms with Crippen molar-refractivity contribution < 1.29 is 13.6 Å². The van der Waals surface area contributed by atoms with Gasteiger partial charge in [-0.2, -0.15) is 0 Å². The van der Waals surface area contributed by atoms with Crippen molar-refractivity contribution in [2.24, 2.45) is 0 Å². The summed E-state index contributed by atoms with van der Waals surface area (Å²) in [4.78, 5) is 19.7. The normalized spacial score (nSPS) is 10.3. The van der Waals surface area contributed by atoms with Crippen molar-refractivity contribution in [1.29, 1.82) is 0 Å². The van der Waals surface area contributed by atoms with Crippen LogP contribution in [-0.4, -0.2) is 22.4 Å². The first-order valence-corrected chi connectivity index (χ1v) is 6.92. The van der Waals surface area contributed by atoms with Gasteiger partial charge in [0.25, 0.3) is 5.91 Å². The van der Waals surface area contributed by atoms with Crippen LogP contribution in [0.25, 0.3) is 0 Å². The minimum absolute atomic E-state index is 0.0671. The molecule has 116 valence electrons. The van der Waals surface area contributed by atoms with Crippen molar-refractivity contribution >= 4 is 17.4 Å². The number of hydrogen-bond donors (Lipinski definition) is 2. The molecule has 1 amide bonds. The summed E-state index contributed by atoms with van der Waals surface area (Å²) in [5.41, 5.74) is 0.244. The molecule has 0 saturated heterocycles. The topological polar surface area (TPSA) is 66.9 Å². The number of nitrogens with zero attached hydrogens (tertiary/aromatic N) is 2. The average Bonchev–Trinajstić information content (AvgIpc) is 2.50. The maximum absolute atomic E-state index is 13.6. The average molecular weight is 306 g/mol. The summed E-state index contributed by atoms with van der Waals surface area (Å²) in [5.74, 6) is -1.48. The molecule has 2 rings (SSSR count). The Hall–Kier alpha value is -2.57. The fourth-order valence-corrected chi connectivity index (χ4v) is 1.75. The minimum Gasteiger partial charge on any atom is -0.351 e. The van der Waals surface area contributed by atoms with Crippen molar-refractivity contribution in [3.05, 3.63) is 47.9 Å². The third kappa shape index (κ3) is 4.21. The molecule has 0 aliphatic carbocycles. The van der Waals surface area contributed by atoms with E-state index in [2.05, 4.69) is 20.6 Å². The van der Waals surface area contributed by atoms with Crippen molar-refractivity contribution in [1.82, 2.24) is 15.3 Å². The highest BCUT2D eigenvalue weighted by Crippen LogP contribution is 2.19. The smallest absolute Gasteiger partial charge is 0.270 e. The molecule has 0 unspecified atom stereocenters. The number of amides is 1. The minimum atomic E-state index is -0.743. The number of nitrogens with one attached hydrogen (secondary N) is 2. The summed E-state index contributed by atoms with van der Waals surface area (Å²) in [7, 11) is 0. The zero-order valence-corrected chi connectivity index (χ0v) is 12.1. The number of rotatable bonds is 6. The van der Waals surface area contributed by atoms with Gasteiger partial charge in [-0.05, 0) is 18.6 Å². The van der Waals surface area contributed by atoms with E-state index >= 15 is 0 Å². The Balaban J connectivity index is 2.09. The highest BCUT2D eigenvalue weighted by atomic mass is 19.1. The van der Waals surface area contributed by atoms with Crippen LogP contribution in [0.15, 0.2) is 30.6 Å². The molecule has 0 saturated carbocycles. The number of carbonyl (C=O) groups is 1. The lowest BCUT2D eigenvalue weighted by Gasteiger charge is -2.08. The predicted molar refractivity (Wildman–Crippen MR) is 78.9 cm³/mol. The maximum atomic E-state index is 13.6. The summed E-state index contributed by atoms with van der Waals surface area (Å²) < 4.78 is 26.4. The number of benzene rings is 1. The number of unbranched alkanes of at least 4 members (excludes halogenated alkanes) is 1. The fraction of sp³-hybridized carbons (Fsp3) is 0.267. The van der Waals surface area contributed by atoms with E-state index < -0.39 is 11.6 Å². The molecule has 0 radical (unpaired) electrons. The first-order chi connectivity index (χ1) is 10.6. The molecule has 0 spiro atoms. The molecule has 22 heavy (non-hydrogen) atoms. The van der Waals surface area contributed by atoms with Crippen molar-refractivity contribution in [3.8, 4) is 0 Å². The Labute approximate surface area is 126 Å². The van der Waals surface area contributed by atoms with E-state index in [4.69, 9.17) is 0 Å². The highest BCUT2D eigenvalue weighted by Gasteiger charge is 2.10. The Kier molecular flexibility index (Phi) is 5.35. The zero-order chi connectivity index (χ0) is 15.9. The predicted octanol–water partition coefficient (Wildman–Crippen LogP) is 3.03. The van der Waals surface area contributed by atoms with Crippen molar-refractivity contribution in [3.63, 3.8) is 0 Å². The molecule has 1 heterocycles. The van der Waals surface area contributed by atoms with Crippen LogP contribution in [0.1, 0.15) is 30.3 Å². The molecule has 0 fully saturated rings. The lowest BCUT2D eigenvalue weighted by Crippen LogP contribution is -2.25. The van der Waals surface area contributed by atoms with Gasteiger partial charge in [0.1, 0.15) is 29.5 Å². The second-order valence-corrected chi connectivity index (χ2v) is 4.65. The number of anilines is 2. The van der Waals surface area contributed by atoms with Gasteiger partial charge < -0.3 is 10.6 Å². The van der Waals surface area contributed by atoms with E-state index in [1.54, 1.807) is 0 Å². The Morgan fingerprint density at radius 1 is 1.23 bits per heavy atom. The van der Waals surface area contributed by atoms with E-state index in [-0.39, 0.29) is 23.1 Å². The van der Waals surface area contributed by atoms with Crippen LogP contribution < -0.4 is 10.6 Å². The van der Waals surface area contributed by atoms with Crippen molar-refractivity contribution in [2.75, 3.05) is 11.9 Å². The SMILES string of the molecule is CCCCNC(=O)c1cc(Nc2ccc(F)cc2F)ncn1.